The monoisotopic (exact) mass is 466 g/mol. The Bertz CT molecular complexity index is 1180. The molecule has 1 aliphatic heterocycles. The first-order chi connectivity index (χ1) is 15.4. The van der Waals surface area contributed by atoms with Gasteiger partial charge >= 0.3 is 5.97 Å². The minimum absolute atomic E-state index is 0.0763. The summed E-state index contributed by atoms with van der Waals surface area (Å²) in [5, 5.41) is 1.23. The number of imide groups is 1. The van der Waals surface area contributed by atoms with Gasteiger partial charge in [-0.2, -0.15) is 0 Å². The molecule has 32 heavy (non-hydrogen) atoms. The predicted octanol–water partition coefficient (Wildman–Crippen LogP) is 3.79. The van der Waals surface area contributed by atoms with E-state index in [0.717, 1.165) is 9.80 Å². The smallest absolute Gasteiger partial charge is 0.338 e. The van der Waals surface area contributed by atoms with Crippen molar-refractivity contribution in [1.29, 1.82) is 0 Å². The summed E-state index contributed by atoms with van der Waals surface area (Å²) in [5.74, 6) is -1.56. The van der Waals surface area contributed by atoms with Gasteiger partial charge in [-0.25, -0.2) is 9.69 Å². The number of anilines is 2. The van der Waals surface area contributed by atoms with Crippen molar-refractivity contribution in [3.8, 4) is 0 Å². The van der Waals surface area contributed by atoms with E-state index in [0.29, 0.717) is 16.3 Å². The molecule has 9 heteroatoms. The second kappa shape index (κ2) is 9.37. The lowest BCUT2D eigenvalue weighted by molar-refractivity contribution is -0.121. The van der Waals surface area contributed by atoms with E-state index in [1.807, 2.05) is 6.07 Å². The molecule has 0 saturated carbocycles. The lowest BCUT2D eigenvalue weighted by Gasteiger charge is -2.15. The number of thioether (sulfide) groups is 1. The van der Waals surface area contributed by atoms with E-state index < -0.39 is 11.2 Å². The van der Waals surface area contributed by atoms with Gasteiger partial charge in [-0.15, -0.1) is 23.1 Å². The third kappa shape index (κ3) is 4.74. The van der Waals surface area contributed by atoms with Crippen molar-refractivity contribution in [2.45, 2.75) is 16.6 Å². The molecule has 1 atom stereocenters. The lowest BCUT2D eigenvalue weighted by Crippen LogP contribution is -2.31. The molecule has 1 fully saturated rings. The minimum Gasteiger partial charge on any atom is -0.454 e. The van der Waals surface area contributed by atoms with Crippen LogP contribution in [0.2, 0.25) is 0 Å². The average Bonchev–Trinajstić information content (AvgIpc) is 3.41. The van der Waals surface area contributed by atoms with E-state index in [4.69, 9.17) is 10.5 Å². The Morgan fingerprint density at radius 1 is 1.09 bits per heavy atom. The fourth-order valence-electron chi connectivity index (χ4n) is 3.19. The minimum atomic E-state index is -0.657. The van der Waals surface area contributed by atoms with E-state index in [2.05, 4.69) is 0 Å². The number of nitrogens with zero attached hydrogens (tertiary/aromatic N) is 1. The van der Waals surface area contributed by atoms with Gasteiger partial charge in [0.1, 0.15) is 0 Å². The van der Waals surface area contributed by atoms with Crippen LogP contribution in [0.1, 0.15) is 26.5 Å². The van der Waals surface area contributed by atoms with Gasteiger partial charge in [0.25, 0.3) is 0 Å². The van der Waals surface area contributed by atoms with E-state index in [-0.39, 0.29) is 36.2 Å². The Morgan fingerprint density at radius 2 is 1.88 bits per heavy atom. The summed E-state index contributed by atoms with van der Waals surface area (Å²) in [6.07, 6.45) is 0.0763. The van der Waals surface area contributed by atoms with Gasteiger partial charge in [0, 0.05) is 17.0 Å². The van der Waals surface area contributed by atoms with Crippen LogP contribution in [0.5, 0.6) is 0 Å². The fraction of sp³-hybridized carbons (Fsp3) is 0.130. The van der Waals surface area contributed by atoms with Crippen LogP contribution in [0.15, 0.2) is 70.9 Å². The molecule has 1 aliphatic rings. The van der Waals surface area contributed by atoms with Crippen LogP contribution in [-0.4, -0.2) is 35.4 Å². The van der Waals surface area contributed by atoms with Crippen molar-refractivity contribution in [1.82, 2.24) is 0 Å². The van der Waals surface area contributed by atoms with Crippen LogP contribution in [-0.2, 0) is 14.3 Å². The molecule has 2 aromatic carbocycles. The summed E-state index contributed by atoms with van der Waals surface area (Å²) < 4.78 is 5.07. The van der Waals surface area contributed by atoms with Crippen LogP contribution < -0.4 is 10.6 Å². The number of thiophene rings is 1. The number of ether oxygens (including phenoxy) is 1. The number of Topliss-reactive ketones (excluding diaryl/α,β-unsaturated/α-hetero) is 1. The number of rotatable bonds is 7. The van der Waals surface area contributed by atoms with Crippen LogP contribution in [0.25, 0.3) is 0 Å². The molecular formula is C23H18N2O5S2. The van der Waals surface area contributed by atoms with Gasteiger partial charge < -0.3 is 10.5 Å². The SMILES string of the molecule is Nc1cccc(SC2CC(=O)N(c3ccc(C(=O)OCC(=O)c4cccs4)cc3)C2=O)c1. The Balaban J connectivity index is 1.39. The standard InChI is InChI=1S/C23H18N2O5S2/c24-15-3-1-4-17(11-15)32-20-12-21(27)25(22(20)28)16-8-6-14(7-9-16)23(29)30-13-18(26)19-5-2-10-31-19/h1-11,20H,12-13,24H2. The summed E-state index contributed by atoms with van der Waals surface area (Å²) in [5.41, 5.74) is 6.97. The molecule has 2 heterocycles. The maximum absolute atomic E-state index is 12.8. The number of hydrogen-bond donors (Lipinski definition) is 1. The van der Waals surface area contributed by atoms with Gasteiger partial charge in [-0.3, -0.25) is 14.4 Å². The number of ketones is 1. The Labute approximate surface area is 192 Å². The zero-order chi connectivity index (χ0) is 22.7. The number of benzene rings is 2. The number of nitrogens with two attached hydrogens (primary N) is 1. The molecule has 0 radical (unpaired) electrons. The van der Waals surface area contributed by atoms with Crippen molar-refractivity contribution in [3.63, 3.8) is 0 Å². The number of nitrogen functional groups attached to an aromatic ring is 1. The molecule has 3 aromatic rings. The van der Waals surface area contributed by atoms with E-state index in [9.17, 15) is 19.2 Å². The number of hydrogen-bond acceptors (Lipinski definition) is 8. The van der Waals surface area contributed by atoms with Crippen LogP contribution >= 0.6 is 23.1 Å². The molecule has 1 aromatic heterocycles. The zero-order valence-corrected chi connectivity index (χ0v) is 18.4. The number of esters is 1. The number of carbonyl (C=O) groups is 4. The quantitative estimate of drug-likeness (QED) is 0.244. The highest BCUT2D eigenvalue weighted by Crippen LogP contribution is 2.34. The van der Waals surface area contributed by atoms with E-state index in [1.54, 1.807) is 35.7 Å². The normalized spacial score (nSPS) is 15.8. The second-order valence-corrected chi connectivity index (χ2v) is 9.20. The van der Waals surface area contributed by atoms with Gasteiger partial charge in [0.05, 0.1) is 21.4 Å². The highest BCUT2D eigenvalue weighted by molar-refractivity contribution is 8.00. The maximum atomic E-state index is 12.8. The highest BCUT2D eigenvalue weighted by Gasteiger charge is 2.40. The third-order valence-electron chi connectivity index (χ3n) is 4.73. The average molecular weight is 467 g/mol. The fourth-order valence-corrected chi connectivity index (χ4v) is 4.96. The van der Waals surface area contributed by atoms with Crippen molar-refractivity contribution < 1.29 is 23.9 Å². The number of carbonyl (C=O) groups excluding carboxylic acids is 4. The molecular weight excluding hydrogens is 448 g/mol. The maximum Gasteiger partial charge on any atom is 0.338 e. The molecule has 0 aliphatic carbocycles. The zero-order valence-electron chi connectivity index (χ0n) is 16.7. The van der Waals surface area contributed by atoms with E-state index >= 15 is 0 Å². The number of amides is 2. The second-order valence-electron chi connectivity index (χ2n) is 6.97. The highest BCUT2D eigenvalue weighted by atomic mass is 32.2. The van der Waals surface area contributed by atoms with Crippen LogP contribution in [0.3, 0.4) is 0 Å². The van der Waals surface area contributed by atoms with Gasteiger partial charge in [0.2, 0.25) is 17.6 Å². The molecule has 162 valence electrons. The lowest BCUT2D eigenvalue weighted by atomic mass is 10.2. The van der Waals surface area contributed by atoms with Crippen molar-refractivity contribution in [3.05, 3.63) is 76.5 Å². The third-order valence-corrected chi connectivity index (χ3v) is 6.82. The predicted molar refractivity (Wildman–Crippen MR) is 123 cm³/mol. The molecule has 4 rings (SSSR count). The summed E-state index contributed by atoms with van der Waals surface area (Å²) in [6.45, 7) is -0.354. The first-order valence-electron chi connectivity index (χ1n) is 9.65. The van der Waals surface area contributed by atoms with Crippen LogP contribution in [0.4, 0.5) is 11.4 Å². The molecule has 2 amide bonds. The molecule has 1 saturated heterocycles. The van der Waals surface area contributed by atoms with Crippen molar-refractivity contribution >= 4 is 58.0 Å². The van der Waals surface area contributed by atoms with Crippen molar-refractivity contribution in [2.24, 2.45) is 0 Å². The van der Waals surface area contributed by atoms with E-state index in [1.165, 1.54) is 47.4 Å². The summed E-state index contributed by atoms with van der Waals surface area (Å²) in [7, 11) is 0. The summed E-state index contributed by atoms with van der Waals surface area (Å²) in [4.78, 5) is 52.0. The van der Waals surface area contributed by atoms with Crippen LogP contribution in [0, 0.1) is 0 Å². The van der Waals surface area contributed by atoms with Gasteiger partial charge in [0.15, 0.2) is 6.61 Å². The first kappa shape index (κ1) is 21.8. The topological polar surface area (TPSA) is 107 Å². The molecule has 0 spiro atoms. The molecule has 1 unspecified atom stereocenters. The molecule has 0 bridgehead atoms. The first-order valence-corrected chi connectivity index (χ1v) is 11.4. The van der Waals surface area contributed by atoms with Gasteiger partial charge in [-0.05, 0) is 53.9 Å². The largest absolute Gasteiger partial charge is 0.454 e. The Kier molecular flexibility index (Phi) is 6.38. The summed E-state index contributed by atoms with van der Waals surface area (Å²) >= 11 is 2.57. The molecule has 7 nitrogen and oxygen atoms in total. The Morgan fingerprint density at radius 3 is 2.56 bits per heavy atom. The Hall–Kier alpha value is -3.43. The van der Waals surface area contributed by atoms with Crippen molar-refractivity contribution in [2.75, 3.05) is 17.2 Å². The summed E-state index contributed by atoms with van der Waals surface area (Å²) in [6, 6.07) is 16.5. The molecule has 2 N–H and O–H groups in total. The van der Waals surface area contributed by atoms with Gasteiger partial charge in [-0.1, -0.05) is 12.1 Å².